The minimum atomic E-state index is 0.369. The zero-order valence-corrected chi connectivity index (χ0v) is 13.4. The molecule has 2 heteroatoms. The van der Waals surface area contributed by atoms with Gasteiger partial charge in [0.2, 0.25) is 0 Å². The molecular weight excluding hydrogens is 280 g/mol. The Morgan fingerprint density at radius 3 is 2.39 bits per heavy atom. The van der Waals surface area contributed by atoms with Crippen LogP contribution in [0.3, 0.4) is 0 Å². The van der Waals surface area contributed by atoms with Crippen LogP contribution < -0.4 is 5.32 Å². The zero-order chi connectivity index (χ0) is 15.6. The van der Waals surface area contributed by atoms with Gasteiger partial charge in [0, 0.05) is 25.2 Å². The van der Waals surface area contributed by atoms with Gasteiger partial charge in [-0.2, -0.15) is 0 Å². The molecule has 2 nitrogen and oxygen atoms in total. The Bertz CT molecular complexity index is 797. The quantitative estimate of drug-likeness (QED) is 0.765. The summed E-state index contributed by atoms with van der Waals surface area (Å²) in [5.74, 6) is 0.459. The van der Waals surface area contributed by atoms with E-state index in [2.05, 4.69) is 90.1 Å². The van der Waals surface area contributed by atoms with Gasteiger partial charge in [0.25, 0.3) is 0 Å². The first kappa shape index (κ1) is 14.4. The van der Waals surface area contributed by atoms with Crippen molar-refractivity contribution in [3.63, 3.8) is 0 Å². The van der Waals surface area contributed by atoms with Crippen molar-refractivity contribution >= 4 is 10.8 Å². The molecule has 2 unspecified atom stereocenters. The van der Waals surface area contributed by atoms with E-state index in [1.54, 1.807) is 0 Å². The Kier molecular flexibility index (Phi) is 3.86. The van der Waals surface area contributed by atoms with Crippen LogP contribution in [-0.4, -0.2) is 25.2 Å². The fourth-order valence-corrected chi connectivity index (χ4v) is 3.65. The third-order valence-corrected chi connectivity index (χ3v) is 4.85. The van der Waals surface area contributed by atoms with Gasteiger partial charge in [-0.1, -0.05) is 72.8 Å². The molecule has 0 spiro atoms. The molecule has 0 radical (unpaired) electrons. The molecule has 116 valence electrons. The second-order valence-corrected chi connectivity index (χ2v) is 6.50. The van der Waals surface area contributed by atoms with Crippen LogP contribution in [0.2, 0.25) is 0 Å². The van der Waals surface area contributed by atoms with Crippen LogP contribution in [0, 0.1) is 0 Å². The average molecular weight is 302 g/mol. The van der Waals surface area contributed by atoms with Crippen LogP contribution >= 0.6 is 0 Å². The highest BCUT2D eigenvalue weighted by molar-refractivity contribution is 5.83. The van der Waals surface area contributed by atoms with E-state index in [4.69, 9.17) is 0 Å². The van der Waals surface area contributed by atoms with E-state index < -0.39 is 0 Å². The number of likely N-dealkylation sites (N-methyl/N-ethyl adjacent to an activating group) is 1. The molecule has 1 N–H and O–H groups in total. The molecule has 4 rings (SSSR count). The Balaban J connectivity index is 1.75. The predicted octanol–water partition coefficient (Wildman–Crippen LogP) is 4.16. The van der Waals surface area contributed by atoms with E-state index >= 15 is 0 Å². The van der Waals surface area contributed by atoms with Gasteiger partial charge in [0.1, 0.15) is 0 Å². The number of nitrogens with one attached hydrogen (secondary N) is 1. The van der Waals surface area contributed by atoms with Crippen LogP contribution in [0.25, 0.3) is 10.8 Å². The smallest absolute Gasteiger partial charge is 0.0482 e. The summed E-state index contributed by atoms with van der Waals surface area (Å²) in [6, 6.07) is 26.7. The number of hydrogen-bond donors (Lipinski definition) is 1. The highest BCUT2D eigenvalue weighted by atomic mass is 15.2. The van der Waals surface area contributed by atoms with Crippen molar-refractivity contribution in [3.05, 3.63) is 83.9 Å². The van der Waals surface area contributed by atoms with E-state index in [9.17, 15) is 0 Å². The number of fused-ring (bicyclic) bond motifs is 1. The molecule has 1 heterocycles. The summed E-state index contributed by atoms with van der Waals surface area (Å²) in [6.45, 7) is 2.01. The summed E-state index contributed by atoms with van der Waals surface area (Å²) in [6.07, 6.45) is 0. The summed E-state index contributed by atoms with van der Waals surface area (Å²) in [5.41, 5.74) is 2.79. The Morgan fingerprint density at radius 1 is 0.826 bits per heavy atom. The van der Waals surface area contributed by atoms with Crippen molar-refractivity contribution in [1.82, 2.24) is 10.2 Å². The van der Waals surface area contributed by atoms with E-state index in [0.717, 1.165) is 13.2 Å². The first-order valence-electron chi connectivity index (χ1n) is 8.27. The summed E-state index contributed by atoms with van der Waals surface area (Å²) in [7, 11) is 2.18. The number of benzene rings is 3. The van der Waals surface area contributed by atoms with E-state index in [1.165, 1.54) is 21.9 Å². The van der Waals surface area contributed by atoms with E-state index in [-0.39, 0.29) is 0 Å². The Labute approximate surface area is 137 Å². The topological polar surface area (TPSA) is 15.3 Å². The van der Waals surface area contributed by atoms with Crippen LogP contribution in [0.1, 0.15) is 23.1 Å². The fraction of sp³-hybridized carbons (Fsp3) is 0.238. The maximum Gasteiger partial charge on any atom is 0.0482 e. The van der Waals surface area contributed by atoms with Crippen molar-refractivity contribution in [1.29, 1.82) is 0 Å². The molecule has 3 aromatic rings. The lowest BCUT2D eigenvalue weighted by atomic mass is 9.84. The predicted molar refractivity (Wildman–Crippen MR) is 96.5 cm³/mol. The van der Waals surface area contributed by atoms with Crippen molar-refractivity contribution in [2.75, 3.05) is 20.3 Å². The standard InChI is InChI=1S/C21H22N2/c1-23-14-20(21(22-15-23)17-8-3-2-4-9-17)19-12-11-16-7-5-6-10-18(16)13-19/h2-13,20-22H,14-15H2,1H3. The zero-order valence-electron chi connectivity index (χ0n) is 13.4. The van der Waals surface area contributed by atoms with Crippen LogP contribution in [0.5, 0.6) is 0 Å². The molecule has 1 fully saturated rings. The van der Waals surface area contributed by atoms with Crippen molar-refractivity contribution in [3.8, 4) is 0 Å². The van der Waals surface area contributed by atoms with E-state index in [1.807, 2.05) is 0 Å². The van der Waals surface area contributed by atoms with Gasteiger partial charge in [-0.3, -0.25) is 10.2 Å². The largest absolute Gasteiger partial charge is 0.297 e. The SMILES string of the molecule is CN1CNC(c2ccccc2)C(c2ccc3ccccc3c2)C1. The first-order chi connectivity index (χ1) is 11.3. The van der Waals surface area contributed by atoms with Crippen molar-refractivity contribution < 1.29 is 0 Å². The third-order valence-electron chi connectivity index (χ3n) is 4.85. The number of rotatable bonds is 2. The number of hydrogen-bond acceptors (Lipinski definition) is 2. The maximum absolute atomic E-state index is 3.71. The molecule has 1 aliphatic heterocycles. The average Bonchev–Trinajstić information content (AvgIpc) is 2.62. The highest BCUT2D eigenvalue weighted by Gasteiger charge is 2.29. The molecule has 0 saturated carbocycles. The minimum absolute atomic E-state index is 0.369. The number of nitrogens with zero attached hydrogens (tertiary/aromatic N) is 1. The van der Waals surface area contributed by atoms with Crippen molar-refractivity contribution in [2.45, 2.75) is 12.0 Å². The Hall–Kier alpha value is -2.16. The van der Waals surface area contributed by atoms with Gasteiger partial charge in [0.05, 0.1) is 0 Å². The molecule has 2 atom stereocenters. The molecule has 0 aliphatic carbocycles. The minimum Gasteiger partial charge on any atom is -0.297 e. The molecule has 1 aliphatic rings. The van der Waals surface area contributed by atoms with Gasteiger partial charge >= 0.3 is 0 Å². The van der Waals surface area contributed by atoms with Crippen LogP contribution in [0.15, 0.2) is 72.8 Å². The van der Waals surface area contributed by atoms with E-state index in [0.29, 0.717) is 12.0 Å². The molecule has 1 saturated heterocycles. The molecule has 23 heavy (non-hydrogen) atoms. The summed E-state index contributed by atoms with van der Waals surface area (Å²) in [4.78, 5) is 2.36. The highest BCUT2D eigenvalue weighted by Crippen LogP contribution is 2.35. The van der Waals surface area contributed by atoms with Gasteiger partial charge in [-0.15, -0.1) is 0 Å². The lowest BCUT2D eigenvalue weighted by Crippen LogP contribution is -2.46. The van der Waals surface area contributed by atoms with Crippen LogP contribution in [-0.2, 0) is 0 Å². The summed E-state index contributed by atoms with van der Waals surface area (Å²) in [5, 5.41) is 6.34. The normalized spacial score (nSPS) is 22.3. The molecule has 0 bridgehead atoms. The molecule has 0 amide bonds. The van der Waals surface area contributed by atoms with Crippen LogP contribution in [0.4, 0.5) is 0 Å². The Morgan fingerprint density at radius 2 is 1.57 bits per heavy atom. The van der Waals surface area contributed by atoms with Gasteiger partial charge in [0.15, 0.2) is 0 Å². The monoisotopic (exact) mass is 302 g/mol. The molecule has 0 aromatic heterocycles. The second kappa shape index (κ2) is 6.15. The fourth-order valence-electron chi connectivity index (χ4n) is 3.65. The second-order valence-electron chi connectivity index (χ2n) is 6.50. The lowest BCUT2D eigenvalue weighted by Gasteiger charge is -2.38. The van der Waals surface area contributed by atoms with Gasteiger partial charge in [-0.05, 0) is 28.9 Å². The first-order valence-corrected chi connectivity index (χ1v) is 8.27. The summed E-state index contributed by atoms with van der Waals surface area (Å²) < 4.78 is 0. The third kappa shape index (κ3) is 2.88. The van der Waals surface area contributed by atoms with Gasteiger partial charge < -0.3 is 0 Å². The molecular formula is C21H22N2. The summed E-state index contributed by atoms with van der Waals surface area (Å²) >= 11 is 0. The molecule has 3 aromatic carbocycles. The van der Waals surface area contributed by atoms with Gasteiger partial charge in [-0.25, -0.2) is 0 Å². The maximum atomic E-state index is 3.71. The van der Waals surface area contributed by atoms with Crippen molar-refractivity contribution in [2.24, 2.45) is 0 Å². The lowest BCUT2D eigenvalue weighted by molar-refractivity contribution is 0.193.